The summed E-state index contributed by atoms with van der Waals surface area (Å²) in [6, 6.07) is 0. The Morgan fingerprint density at radius 1 is 0.889 bits per heavy atom. The van der Waals surface area contributed by atoms with Crippen LogP contribution in [0.5, 0.6) is 0 Å². The zero-order valence-electron chi connectivity index (χ0n) is 6.59. The van der Waals surface area contributed by atoms with Crippen LogP contribution in [0.4, 0.5) is 0 Å². The van der Waals surface area contributed by atoms with Gasteiger partial charge in [-0.3, -0.25) is 0 Å². The molecule has 0 atom stereocenters. The molecule has 2 heterocycles. The summed E-state index contributed by atoms with van der Waals surface area (Å²) >= 11 is -0.444. The van der Waals surface area contributed by atoms with E-state index >= 15 is 0 Å². The molecule has 0 aromatic heterocycles. The molecule has 0 N–H and O–H groups in total. The third-order valence-electron chi connectivity index (χ3n) is 1.21. The second-order valence-electron chi connectivity index (χ2n) is 2.92. The summed E-state index contributed by atoms with van der Waals surface area (Å²) in [6.45, 7) is 6.69. The molecular formula is C7H17PPt. The van der Waals surface area contributed by atoms with Crippen molar-refractivity contribution >= 4 is 7.92 Å². The third kappa shape index (κ3) is 3.74. The van der Waals surface area contributed by atoms with Crippen LogP contribution in [0, 0.1) is 0 Å². The average Bonchev–Trinajstić information content (AvgIpc) is 2.49. The van der Waals surface area contributed by atoms with Gasteiger partial charge in [0.2, 0.25) is 0 Å². The molecule has 0 aliphatic carbocycles. The molecule has 0 nitrogen and oxygen atoms in total. The van der Waals surface area contributed by atoms with Crippen LogP contribution in [0.25, 0.3) is 0 Å². The Morgan fingerprint density at radius 2 is 1.11 bits per heavy atom. The molecule has 2 aliphatic rings. The molecule has 60 valence electrons. The number of hydrogen-bond acceptors (Lipinski definition) is 0. The summed E-state index contributed by atoms with van der Waals surface area (Å²) in [5, 5.41) is 0. The van der Waals surface area contributed by atoms with Crippen molar-refractivity contribution in [3.63, 3.8) is 0 Å². The van der Waals surface area contributed by atoms with E-state index in [0.29, 0.717) is 7.92 Å². The maximum absolute atomic E-state index is 2.23. The van der Waals surface area contributed by atoms with Crippen LogP contribution >= 0.6 is 7.92 Å². The van der Waals surface area contributed by atoms with Gasteiger partial charge in [0.25, 0.3) is 0 Å². The zero-order valence-corrected chi connectivity index (χ0v) is 9.76. The minimum atomic E-state index is -0.444. The molecule has 9 heavy (non-hydrogen) atoms. The van der Waals surface area contributed by atoms with Crippen molar-refractivity contribution in [2.75, 3.05) is 20.0 Å². The molecule has 2 rings (SSSR count). The summed E-state index contributed by atoms with van der Waals surface area (Å²) in [7, 11) is 0.380. The molecule has 0 aromatic rings. The van der Waals surface area contributed by atoms with E-state index in [4.69, 9.17) is 0 Å². The molecule has 2 fully saturated rings. The zero-order chi connectivity index (χ0) is 6.91. The van der Waals surface area contributed by atoms with Crippen molar-refractivity contribution < 1.29 is 16.1 Å². The molecule has 2 heteroatoms. The first-order chi connectivity index (χ1) is 4.15. The van der Waals surface area contributed by atoms with Crippen molar-refractivity contribution in [3.8, 4) is 0 Å². The average molecular weight is 327 g/mol. The van der Waals surface area contributed by atoms with Crippen molar-refractivity contribution in [2.24, 2.45) is 0 Å². The molecule has 0 unspecified atom stereocenters. The van der Waals surface area contributed by atoms with Crippen LogP contribution in [0.15, 0.2) is 0 Å². The fourth-order valence-corrected chi connectivity index (χ4v) is 12.1. The van der Waals surface area contributed by atoms with Crippen LogP contribution in [0.1, 0.15) is 0 Å². The van der Waals surface area contributed by atoms with E-state index in [2.05, 4.69) is 20.0 Å². The Morgan fingerprint density at radius 3 is 1.11 bits per heavy atom. The second-order valence-corrected chi connectivity index (χ2v) is 17.0. The van der Waals surface area contributed by atoms with Gasteiger partial charge in [-0.2, -0.15) is 0 Å². The van der Waals surface area contributed by atoms with Crippen molar-refractivity contribution in [2.45, 2.75) is 19.2 Å². The van der Waals surface area contributed by atoms with E-state index in [9.17, 15) is 0 Å². The summed E-state index contributed by atoms with van der Waals surface area (Å²) < 4.78 is 0. The second kappa shape index (κ2) is 3.01. The first kappa shape index (κ1) is 8.22. The number of rotatable bonds is 0. The predicted molar refractivity (Wildman–Crippen MR) is 43.9 cm³/mol. The molecule has 0 radical (unpaired) electrons. The first-order valence-corrected chi connectivity index (χ1v) is 12.3. The molecule has 0 bridgehead atoms. The van der Waals surface area contributed by atoms with Crippen LogP contribution in [-0.2, 0) is 16.1 Å². The Hall–Kier alpha value is 1.12. The van der Waals surface area contributed by atoms with Gasteiger partial charge in [-0.15, -0.1) is 7.92 Å². The van der Waals surface area contributed by atoms with Crippen LogP contribution in [0.3, 0.4) is 0 Å². The fourth-order valence-electron chi connectivity index (χ4n) is 0.458. The SMILES string of the molecule is CP(C)C.[CH2]1[CH2][Pt]12[CH2][CH2]2. The predicted octanol–water partition coefficient (Wildman–Crippen LogP) is 3.20. The molecule has 1 spiro atoms. The van der Waals surface area contributed by atoms with E-state index in [1.54, 1.807) is 19.2 Å². The van der Waals surface area contributed by atoms with Gasteiger partial charge >= 0.3 is 35.3 Å². The topological polar surface area (TPSA) is 0 Å². The van der Waals surface area contributed by atoms with Crippen molar-refractivity contribution in [3.05, 3.63) is 0 Å². The Balaban J connectivity index is 0.0000000945. The molecule has 0 amide bonds. The van der Waals surface area contributed by atoms with Gasteiger partial charge in [0.15, 0.2) is 0 Å². The molecule has 0 aromatic carbocycles. The standard InChI is InChI=1S/C3H9P.2C2H4.Pt/c1-4(2)3;2*1-2;/h1-3H3;2*1-2H2;. The Bertz CT molecular complexity index is 76.8. The van der Waals surface area contributed by atoms with E-state index in [1.807, 2.05) is 0 Å². The Kier molecular flexibility index (Phi) is 2.75. The van der Waals surface area contributed by atoms with Crippen LogP contribution < -0.4 is 0 Å². The van der Waals surface area contributed by atoms with Gasteiger partial charge in [0.05, 0.1) is 0 Å². The summed E-state index contributed by atoms with van der Waals surface area (Å²) in [5.74, 6) is 0. The normalized spacial score (nSPS) is 28.9. The molecular weight excluding hydrogens is 310 g/mol. The van der Waals surface area contributed by atoms with Crippen molar-refractivity contribution in [1.82, 2.24) is 0 Å². The van der Waals surface area contributed by atoms with E-state index < -0.39 is 16.1 Å². The van der Waals surface area contributed by atoms with Gasteiger partial charge in [0, 0.05) is 0 Å². The van der Waals surface area contributed by atoms with Gasteiger partial charge in [-0.05, 0) is 20.0 Å². The van der Waals surface area contributed by atoms with Crippen LogP contribution in [-0.4, -0.2) is 20.0 Å². The van der Waals surface area contributed by atoms with Crippen LogP contribution in [0.2, 0.25) is 19.2 Å². The maximum atomic E-state index is 2.23. The van der Waals surface area contributed by atoms with Gasteiger partial charge in [-0.1, -0.05) is 0 Å². The van der Waals surface area contributed by atoms with Gasteiger partial charge in [0.1, 0.15) is 0 Å². The van der Waals surface area contributed by atoms with E-state index in [1.165, 1.54) is 0 Å². The molecule has 0 saturated carbocycles. The monoisotopic (exact) mass is 327 g/mol. The van der Waals surface area contributed by atoms with E-state index in [0.717, 1.165) is 0 Å². The quantitative estimate of drug-likeness (QED) is 0.600. The molecule has 2 aliphatic heterocycles. The summed E-state index contributed by atoms with van der Waals surface area (Å²) in [6.07, 6.45) is 0. The summed E-state index contributed by atoms with van der Waals surface area (Å²) in [5.41, 5.74) is 0. The fraction of sp³-hybridized carbons (Fsp3) is 1.00. The molecule has 2 saturated heterocycles. The third-order valence-corrected chi connectivity index (χ3v) is 9.91. The number of hydrogen-bond donors (Lipinski definition) is 0. The Labute approximate surface area is 63.4 Å². The summed E-state index contributed by atoms with van der Waals surface area (Å²) in [4.78, 5) is 6.97. The minimum absolute atomic E-state index is 0.380. The van der Waals surface area contributed by atoms with Gasteiger partial charge < -0.3 is 0 Å². The van der Waals surface area contributed by atoms with Gasteiger partial charge in [-0.25, -0.2) is 0 Å². The van der Waals surface area contributed by atoms with E-state index in [-0.39, 0.29) is 0 Å². The first-order valence-electron chi connectivity index (χ1n) is 3.24. The van der Waals surface area contributed by atoms with Crippen molar-refractivity contribution in [1.29, 1.82) is 0 Å².